The zero-order valence-electron chi connectivity index (χ0n) is 18.5. The highest BCUT2D eigenvalue weighted by molar-refractivity contribution is 6.03. The quantitative estimate of drug-likeness (QED) is 0.592. The fraction of sp³-hybridized carbons (Fsp3) is 0.391. The van der Waals surface area contributed by atoms with E-state index in [4.69, 9.17) is 9.47 Å². The van der Waals surface area contributed by atoms with Gasteiger partial charge in [0.05, 0.1) is 30.4 Å². The molecule has 9 nitrogen and oxygen atoms in total. The molecule has 3 aromatic rings. The summed E-state index contributed by atoms with van der Waals surface area (Å²) in [5, 5.41) is 7.69. The van der Waals surface area contributed by atoms with Gasteiger partial charge in [-0.25, -0.2) is 14.5 Å². The number of nitrogens with one attached hydrogen (secondary N) is 1. The fourth-order valence-electron chi connectivity index (χ4n) is 3.67. The zero-order valence-corrected chi connectivity index (χ0v) is 18.5. The van der Waals surface area contributed by atoms with Crippen molar-refractivity contribution in [3.05, 3.63) is 47.8 Å². The first-order chi connectivity index (χ1) is 15.4. The molecule has 1 aliphatic rings. The maximum absolute atomic E-state index is 12.7. The molecule has 2 aromatic heterocycles. The molecule has 1 N–H and O–H groups in total. The molecular formula is C23H27N5O4. The maximum atomic E-state index is 12.7. The van der Waals surface area contributed by atoms with Gasteiger partial charge in [0.2, 0.25) is 0 Å². The number of amides is 1. The number of aryl methyl sites for hydroxylation is 1. The number of carbonyl (C=O) groups excluding carboxylic acids is 2. The van der Waals surface area contributed by atoms with Crippen molar-refractivity contribution in [3.8, 4) is 0 Å². The van der Waals surface area contributed by atoms with Crippen LogP contribution < -0.4 is 10.2 Å². The molecule has 1 aliphatic heterocycles. The van der Waals surface area contributed by atoms with Gasteiger partial charge in [-0.2, -0.15) is 5.10 Å². The molecule has 1 amide bonds. The second-order valence-corrected chi connectivity index (χ2v) is 8.00. The van der Waals surface area contributed by atoms with Crippen LogP contribution in [0.5, 0.6) is 0 Å². The number of aromatic nitrogens is 3. The maximum Gasteiger partial charge on any atom is 0.339 e. The number of fused-ring (bicyclic) bond motifs is 1. The SMILES string of the molecule is Cc1cc(C(=O)OCC(=O)Nc2ccc(N3CCOCC3)cc2)c2cnn(C(C)C)c2n1. The van der Waals surface area contributed by atoms with Crippen molar-refractivity contribution in [1.82, 2.24) is 14.8 Å². The van der Waals surface area contributed by atoms with E-state index in [1.165, 1.54) is 0 Å². The third-order valence-electron chi connectivity index (χ3n) is 5.27. The van der Waals surface area contributed by atoms with Crippen LogP contribution in [0.2, 0.25) is 0 Å². The molecule has 9 heteroatoms. The van der Waals surface area contributed by atoms with E-state index in [1.54, 1.807) is 23.9 Å². The second kappa shape index (κ2) is 9.35. The van der Waals surface area contributed by atoms with Crippen LogP contribution in [0.1, 0.15) is 35.9 Å². The molecule has 1 fully saturated rings. The molecule has 4 rings (SSSR count). The van der Waals surface area contributed by atoms with Crippen LogP contribution in [0, 0.1) is 6.92 Å². The molecule has 3 heterocycles. The lowest BCUT2D eigenvalue weighted by atomic mass is 10.1. The van der Waals surface area contributed by atoms with Crippen molar-refractivity contribution in [2.24, 2.45) is 0 Å². The number of nitrogens with zero attached hydrogens (tertiary/aromatic N) is 4. The van der Waals surface area contributed by atoms with Gasteiger partial charge >= 0.3 is 5.97 Å². The van der Waals surface area contributed by atoms with Gasteiger partial charge in [0.25, 0.3) is 5.91 Å². The third kappa shape index (κ3) is 4.72. The number of esters is 1. The van der Waals surface area contributed by atoms with Gasteiger partial charge in [0.1, 0.15) is 0 Å². The van der Waals surface area contributed by atoms with Crippen LogP contribution >= 0.6 is 0 Å². The Balaban J connectivity index is 1.37. The standard InChI is InChI=1S/C23H27N5O4/c1-15(2)28-22-20(13-24-28)19(12-16(3)25-22)23(30)32-14-21(29)26-17-4-6-18(7-5-17)27-8-10-31-11-9-27/h4-7,12-13,15H,8-11,14H2,1-3H3,(H,26,29). The van der Waals surface area contributed by atoms with Gasteiger partial charge in [-0.3, -0.25) is 4.79 Å². The molecule has 1 aromatic carbocycles. The van der Waals surface area contributed by atoms with E-state index in [9.17, 15) is 9.59 Å². The largest absolute Gasteiger partial charge is 0.452 e. The minimum absolute atomic E-state index is 0.103. The van der Waals surface area contributed by atoms with E-state index in [1.807, 2.05) is 38.1 Å². The van der Waals surface area contributed by atoms with Crippen LogP contribution in [-0.4, -0.2) is 59.6 Å². The Labute approximate surface area is 186 Å². The predicted molar refractivity (Wildman–Crippen MR) is 121 cm³/mol. The molecule has 32 heavy (non-hydrogen) atoms. The van der Waals surface area contributed by atoms with Gasteiger partial charge in [-0.15, -0.1) is 0 Å². The number of pyridine rings is 1. The summed E-state index contributed by atoms with van der Waals surface area (Å²) in [5.74, 6) is -0.987. The zero-order chi connectivity index (χ0) is 22.7. The lowest BCUT2D eigenvalue weighted by molar-refractivity contribution is -0.119. The van der Waals surface area contributed by atoms with Crippen molar-refractivity contribution in [1.29, 1.82) is 0 Å². The average Bonchev–Trinajstić information content (AvgIpc) is 3.22. The Hall–Kier alpha value is -3.46. The number of morpholine rings is 1. The highest BCUT2D eigenvalue weighted by atomic mass is 16.5. The second-order valence-electron chi connectivity index (χ2n) is 8.00. The first kappa shape index (κ1) is 21.8. The first-order valence-electron chi connectivity index (χ1n) is 10.7. The Morgan fingerprint density at radius 1 is 1.19 bits per heavy atom. The van der Waals surface area contributed by atoms with Gasteiger partial charge in [0, 0.05) is 36.2 Å². The van der Waals surface area contributed by atoms with E-state index in [0.717, 1.165) is 18.8 Å². The van der Waals surface area contributed by atoms with Crippen LogP contribution in [0.15, 0.2) is 36.5 Å². The van der Waals surface area contributed by atoms with E-state index >= 15 is 0 Å². The van der Waals surface area contributed by atoms with E-state index in [2.05, 4.69) is 20.3 Å². The number of hydrogen-bond donors (Lipinski definition) is 1. The molecule has 0 unspecified atom stereocenters. The van der Waals surface area contributed by atoms with E-state index < -0.39 is 11.9 Å². The lowest BCUT2D eigenvalue weighted by Crippen LogP contribution is -2.36. The van der Waals surface area contributed by atoms with Crippen LogP contribution in [0.25, 0.3) is 11.0 Å². The number of benzene rings is 1. The molecular weight excluding hydrogens is 410 g/mol. The fourth-order valence-corrected chi connectivity index (χ4v) is 3.67. The van der Waals surface area contributed by atoms with Crippen LogP contribution in [0.4, 0.5) is 11.4 Å². The van der Waals surface area contributed by atoms with Gasteiger partial charge in [-0.1, -0.05) is 0 Å². The number of anilines is 2. The molecule has 0 aliphatic carbocycles. The predicted octanol–water partition coefficient (Wildman–Crippen LogP) is 2.95. The molecule has 0 spiro atoms. The average molecular weight is 438 g/mol. The highest BCUT2D eigenvalue weighted by Gasteiger charge is 2.19. The van der Waals surface area contributed by atoms with Crippen LogP contribution in [0.3, 0.4) is 0 Å². The summed E-state index contributed by atoms with van der Waals surface area (Å²) in [4.78, 5) is 31.7. The Morgan fingerprint density at radius 2 is 1.91 bits per heavy atom. The summed E-state index contributed by atoms with van der Waals surface area (Å²) >= 11 is 0. The molecule has 168 valence electrons. The Morgan fingerprint density at radius 3 is 2.59 bits per heavy atom. The summed E-state index contributed by atoms with van der Waals surface area (Å²) in [6.07, 6.45) is 1.61. The molecule has 0 bridgehead atoms. The summed E-state index contributed by atoms with van der Waals surface area (Å²) in [6.45, 7) is 8.53. The molecule has 0 saturated carbocycles. The van der Waals surface area contributed by atoms with Gasteiger partial charge in [-0.05, 0) is 51.1 Å². The van der Waals surface area contributed by atoms with Crippen molar-refractivity contribution in [2.75, 3.05) is 43.1 Å². The van der Waals surface area contributed by atoms with Crippen LogP contribution in [-0.2, 0) is 14.3 Å². The minimum atomic E-state index is -0.582. The van der Waals surface area contributed by atoms with Gasteiger partial charge < -0.3 is 19.7 Å². The molecule has 0 radical (unpaired) electrons. The molecule has 1 saturated heterocycles. The topological polar surface area (TPSA) is 98.6 Å². The van der Waals surface area contributed by atoms with Gasteiger partial charge in [0.15, 0.2) is 12.3 Å². The van der Waals surface area contributed by atoms with Crippen molar-refractivity contribution in [2.45, 2.75) is 26.8 Å². The summed E-state index contributed by atoms with van der Waals surface area (Å²) < 4.78 is 12.4. The number of ether oxygens (including phenoxy) is 2. The van der Waals surface area contributed by atoms with Crippen molar-refractivity contribution < 1.29 is 19.1 Å². The van der Waals surface area contributed by atoms with Crippen molar-refractivity contribution in [3.63, 3.8) is 0 Å². The van der Waals surface area contributed by atoms with Crippen molar-refractivity contribution >= 4 is 34.3 Å². The Bertz CT molecular complexity index is 1120. The number of rotatable bonds is 6. The Kier molecular flexibility index (Phi) is 6.36. The first-order valence-corrected chi connectivity index (χ1v) is 10.7. The third-order valence-corrected chi connectivity index (χ3v) is 5.27. The number of carbonyl (C=O) groups is 2. The smallest absolute Gasteiger partial charge is 0.339 e. The summed E-state index contributed by atoms with van der Waals surface area (Å²) in [5.41, 5.74) is 3.37. The minimum Gasteiger partial charge on any atom is -0.452 e. The summed E-state index contributed by atoms with van der Waals surface area (Å²) in [6, 6.07) is 9.33. The highest BCUT2D eigenvalue weighted by Crippen LogP contribution is 2.22. The summed E-state index contributed by atoms with van der Waals surface area (Å²) in [7, 11) is 0. The lowest BCUT2D eigenvalue weighted by Gasteiger charge is -2.28. The normalized spacial score (nSPS) is 14.1. The monoisotopic (exact) mass is 437 g/mol. The van der Waals surface area contributed by atoms with E-state index in [0.29, 0.717) is 41.2 Å². The number of hydrogen-bond acceptors (Lipinski definition) is 7. The molecule has 0 atom stereocenters. The van der Waals surface area contributed by atoms with E-state index in [-0.39, 0.29) is 12.6 Å².